The van der Waals surface area contributed by atoms with Gasteiger partial charge in [0.2, 0.25) is 0 Å². The number of rotatable bonds is 1. The van der Waals surface area contributed by atoms with E-state index in [4.69, 9.17) is 0 Å². The van der Waals surface area contributed by atoms with E-state index in [1.165, 1.54) is 61.7 Å². The molecule has 0 spiro atoms. The average molecular weight is 353 g/mol. The second kappa shape index (κ2) is 6.84. The van der Waals surface area contributed by atoms with Crippen LogP contribution in [0.4, 0.5) is 0 Å². The van der Waals surface area contributed by atoms with Gasteiger partial charge in [0.25, 0.3) is 0 Å². The maximum Gasteiger partial charge on any atom is -0.00384 e. The molecule has 0 aromatic rings. The summed E-state index contributed by atoms with van der Waals surface area (Å²) >= 11 is 0. The normalized spacial score (nSPS) is 44.1. The summed E-state index contributed by atoms with van der Waals surface area (Å²) in [5.74, 6) is 3.31. The quantitative estimate of drug-likeness (QED) is 0.421. The smallest absolute Gasteiger partial charge is 0.00384 e. The van der Waals surface area contributed by atoms with Gasteiger partial charge in [-0.15, -0.1) is 0 Å². The maximum atomic E-state index is 4.53. The predicted molar refractivity (Wildman–Crippen MR) is 115 cm³/mol. The zero-order valence-electron chi connectivity index (χ0n) is 18.0. The van der Waals surface area contributed by atoms with E-state index in [1.54, 1.807) is 5.57 Å². The van der Waals surface area contributed by atoms with Crippen molar-refractivity contribution in [3.63, 3.8) is 0 Å². The average Bonchev–Trinajstić information content (AvgIpc) is 2.96. The van der Waals surface area contributed by atoms with E-state index in [1.807, 2.05) is 13.8 Å². The van der Waals surface area contributed by atoms with Gasteiger partial charge in [0.1, 0.15) is 0 Å². The molecule has 0 amide bonds. The van der Waals surface area contributed by atoms with Gasteiger partial charge < -0.3 is 0 Å². The predicted octanol–water partition coefficient (Wildman–Crippen LogP) is 7.89. The summed E-state index contributed by atoms with van der Waals surface area (Å²) in [6, 6.07) is 0. The van der Waals surface area contributed by atoms with Gasteiger partial charge in [-0.1, -0.05) is 70.2 Å². The maximum absolute atomic E-state index is 4.53. The molecule has 0 aromatic heterocycles. The molecule has 0 aromatic carbocycles. The van der Waals surface area contributed by atoms with E-state index < -0.39 is 0 Å². The molecule has 0 aliphatic heterocycles. The molecule has 6 unspecified atom stereocenters. The highest BCUT2D eigenvalue weighted by Crippen LogP contribution is 2.68. The molecular formula is C26H40. The van der Waals surface area contributed by atoms with Crippen LogP contribution in [0, 0.1) is 34.5 Å². The second-order valence-electron chi connectivity index (χ2n) is 9.84. The Labute approximate surface area is 162 Å². The first-order valence-electron chi connectivity index (χ1n) is 11.0. The van der Waals surface area contributed by atoms with Gasteiger partial charge in [-0.3, -0.25) is 0 Å². The summed E-state index contributed by atoms with van der Waals surface area (Å²) in [4.78, 5) is 0. The molecule has 0 heteroatoms. The first kappa shape index (κ1) is 19.7. The Balaban J connectivity index is 0.000000948. The third kappa shape index (κ3) is 2.71. The van der Waals surface area contributed by atoms with Gasteiger partial charge in [0.15, 0.2) is 0 Å². The number of hydrogen-bond acceptors (Lipinski definition) is 0. The molecule has 0 bridgehead atoms. The lowest BCUT2D eigenvalue weighted by molar-refractivity contribution is -0.0347. The van der Waals surface area contributed by atoms with Crippen molar-refractivity contribution in [2.75, 3.05) is 0 Å². The van der Waals surface area contributed by atoms with E-state index in [9.17, 15) is 0 Å². The molecule has 4 aliphatic rings. The molecule has 3 fully saturated rings. The molecule has 0 N–H and O–H groups in total. The zero-order valence-corrected chi connectivity index (χ0v) is 18.0. The largest absolute Gasteiger partial charge is 0.0998 e. The van der Waals surface area contributed by atoms with Crippen molar-refractivity contribution in [2.24, 2.45) is 34.5 Å². The Morgan fingerprint density at radius 2 is 1.73 bits per heavy atom. The zero-order chi connectivity index (χ0) is 19.3. The van der Waals surface area contributed by atoms with E-state index in [0.717, 1.165) is 23.7 Å². The fraction of sp³-hybridized carbons (Fsp3) is 0.692. The van der Waals surface area contributed by atoms with Crippen LogP contribution in [0.3, 0.4) is 0 Å². The van der Waals surface area contributed by atoms with Crippen molar-refractivity contribution in [2.45, 2.75) is 79.6 Å². The summed E-state index contributed by atoms with van der Waals surface area (Å²) in [6.45, 7) is 24.5. The molecule has 26 heavy (non-hydrogen) atoms. The van der Waals surface area contributed by atoms with Gasteiger partial charge in [-0.25, -0.2) is 0 Å². The number of hydrogen-bond donors (Lipinski definition) is 0. The minimum atomic E-state index is 0.351. The fourth-order valence-electron chi connectivity index (χ4n) is 7.45. The Kier molecular flexibility index (Phi) is 5.19. The van der Waals surface area contributed by atoms with Crippen LogP contribution in [0.15, 0.2) is 48.1 Å². The molecule has 0 heterocycles. The van der Waals surface area contributed by atoms with Crippen molar-refractivity contribution < 1.29 is 0 Å². The first-order chi connectivity index (χ1) is 12.3. The van der Waals surface area contributed by atoms with Crippen LogP contribution in [-0.2, 0) is 0 Å². The summed E-state index contributed by atoms with van der Waals surface area (Å²) in [5, 5.41) is 0. The number of fused-ring (bicyclic) bond motifs is 5. The molecule has 0 nitrogen and oxygen atoms in total. The Bertz CT molecular complexity index is 647. The molecule has 0 saturated heterocycles. The van der Waals surface area contributed by atoms with Crippen LogP contribution in [0.25, 0.3) is 0 Å². The summed E-state index contributed by atoms with van der Waals surface area (Å²) in [5.41, 5.74) is 6.55. The Hall–Kier alpha value is -1.04. The lowest BCUT2D eigenvalue weighted by atomic mass is 9.46. The topological polar surface area (TPSA) is 0 Å². The van der Waals surface area contributed by atoms with Crippen LogP contribution >= 0.6 is 0 Å². The summed E-state index contributed by atoms with van der Waals surface area (Å²) < 4.78 is 0. The van der Waals surface area contributed by atoms with Crippen LogP contribution in [0.2, 0.25) is 0 Å². The minimum absolute atomic E-state index is 0.351. The highest BCUT2D eigenvalue weighted by Gasteiger charge is 2.59. The lowest BCUT2D eigenvalue weighted by Crippen LogP contribution is -2.50. The summed E-state index contributed by atoms with van der Waals surface area (Å²) in [6.07, 6.45) is 11.6. The van der Waals surface area contributed by atoms with Crippen LogP contribution < -0.4 is 0 Å². The third-order valence-corrected chi connectivity index (χ3v) is 8.64. The number of allylic oxidation sites excluding steroid dienone is 5. The van der Waals surface area contributed by atoms with Crippen molar-refractivity contribution in [1.82, 2.24) is 0 Å². The van der Waals surface area contributed by atoms with Crippen molar-refractivity contribution in [1.29, 1.82) is 0 Å². The molecule has 0 radical (unpaired) electrons. The van der Waals surface area contributed by atoms with Gasteiger partial charge >= 0.3 is 0 Å². The van der Waals surface area contributed by atoms with Crippen LogP contribution in [0.5, 0.6) is 0 Å². The van der Waals surface area contributed by atoms with E-state index >= 15 is 0 Å². The van der Waals surface area contributed by atoms with Crippen molar-refractivity contribution in [3.8, 4) is 0 Å². The monoisotopic (exact) mass is 352 g/mol. The lowest BCUT2D eigenvalue weighted by Gasteiger charge is -2.59. The van der Waals surface area contributed by atoms with Gasteiger partial charge in [-0.2, -0.15) is 0 Å². The van der Waals surface area contributed by atoms with E-state index in [0.29, 0.717) is 10.8 Å². The molecule has 3 saturated carbocycles. The molecule has 4 rings (SSSR count). The van der Waals surface area contributed by atoms with Gasteiger partial charge in [0.05, 0.1) is 0 Å². The Morgan fingerprint density at radius 3 is 2.38 bits per heavy atom. The fourth-order valence-corrected chi connectivity index (χ4v) is 7.45. The minimum Gasteiger partial charge on any atom is -0.0998 e. The standard InChI is InChI=1S/C24H34.C2H6/c1-15(2)19-7-8-20-18-14-17(4)22-13-16(3)9-11-24(22,6)21(18)10-12-23(19,20)5;1-2/h13,18-21H,1,3-4,7-12,14H2,2,5-6H3;1-2H3. The van der Waals surface area contributed by atoms with E-state index in [2.05, 4.69) is 46.6 Å². The SMILES string of the molecule is C=C1C=C2C(=C)CC3C(CCC4(C)C(C(=C)C)CCC34)C2(C)CC1.CC. The molecule has 6 atom stereocenters. The first-order valence-corrected chi connectivity index (χ1v) is 11.0. The highest BCUT2D eigenvalue weighted by molar-refractivity contribution is 5.45. The van der Waals surface area contributed by atoms with Crippen molar-refractivity contribution >= 4 is 0 Å². The van der Waals surface area contributed by atoms with Gasteiger partial charge in [-0.05, 0) is 91.9 Å². The van der Waals surface area contributed by atoms with Gasteiger partial charge in [0, 0.05) is 0 Å². The molecular weight excluding hydrogens is 312 g/mol. The van der Waals surface area contributed by atoms with Crippen LogP contribution in [0.1, 0.15) is 79.6 Å². The van der Waals surface area contributed by atoms with Crippen molar-refractivity contribution in [3.05, 3.63) is 48.1 Å². The second-order valence-corrected chi connectivity index (χ2v) is 9.84. The van der Waals surface area contributed by atoms with E-state index in [-0.39, 0.29) is 0 Å². The Morgan fingerprint density at radius 1 is 1.04 bits per heavy atom. The molecule has 144 valence electrons. The summed E-state index contributed by atoms with van der Waals surface area (Å²) in [7, 11) is 0. The highest BCUT2D eigenvalue weighted by atomic mass is 14.6. The van der Waals surface area contributed by atoms with Crippen LogP contribution in [-0.4, -0.2) is 0 Å². The molecule has 4 aliphatic carbocycles. The third-order valence-electron chi connectivity index (χ3n) is 8.64.